The summed E-state index contributed by atoms with van der Waals surface area (Å²) >= 11 is 0. The lowest BCUT2D eigenvalue weighted by atomic mass is 10.1. The number of nitrogens with one attached hydrogen (secondary N) is 1. The van der Waals surface area contributed by atoms with Crippen LogP contribution in [0.2, 0.25) is 0 Å². The molecule has 162 valence electrons. The predicted molar refractivity (Wildman–Crippen MR) is 117 cm³/mol. The second kappa shape index (κ2) is 9.64. The number of carbonyl (C=O) groups is 1. The molecule has 2 N–H and O–H groups in total. The molecular formula is C22H24N2O6P+. The Kier molecular flexibility index (Phi) is 6.95. The van der Waals surface area contributed by atoms with Crippen LogP contribution in [-0.2, 0) is 14.1 Å². The van der Waals surface area contributed by atoms with Gasteiger partial charge in [0, 0.05) is 22.3 Å². The van der Waals surface area contributed by atoms with E-state index < -0.39 is 19.8 Å². The van der Waals surface area contributed by atoms with Crippen molar-refractivity contribution >= 4 is 36.9 Å². The van der Waals surface area contributed by atoms with E-state index in [-0.39, 0.29) is 12.4 Å². The zero-order valence-corrected chi connectivity index (χ0v) is 18.1. The third-order valence-electron chi connectivity index (χ3n) is 4.32. The summed E-state index contributed by atoms with van der Waals surface area (Å²) in [7, 11) is -4.08. The van der Waals surface area contributed by atoms with Crippen LogP contribution < -0.4 is 14.1 Å². The van der Waals surface area contributed by atoms with E-state index in [0.717, 1.165) is 10.8 Å². The molecule has 31 heavy (non-hydrogen) atoms. The largest absolute Gasteiger partial charge is 0.513 e. The molecule has 0 amide bonds. The highest BCUT2D eigenvalue weighted by Crippen LogP contribution is 2.47. The first kappa shape index (κ1) is 22.3. The van der Waals surface area contributed by atoms with Crippen LogP contribution in [0.25, 0.3) is 10.8 Å². The van der Waals surface area contributed by atoms with E-state index >= 15 is 0 Å². The van der Waals surface area contributed by atoms with Crippen molar-refractivity contribution in [1.29, 1.82) is 0 Å². The van der Waals surface area contributed by atoms with E-state index in [1.54, 1.807) is 19.1 Å². The van der Waals surface area contributed by atoms with Crippen molar-refractivity contribution in [3.05, 3.63) is 66.7 Å². The number of nitrogens with zero attached hydrogens (tertiary/aromatic N) is 1. The quantitative estimate of drug-likeness (QED) is 0.124. The van der Waals surface area contributed by atoms with Crippen LogP contribution in [0.4, 0.5) is 5.69 Å². The molecule has 0 spiro atoms. The first-order chi connectivity index (χ1) is 14.8. The van der Waals surface area contributed by atoms with Gasteiger partial charge in [0.05, 0.1) is 6.61 Å². The lowest BCUT2D eigenvalue weighted by Crippen LogP contribution is -2.35. The number of hydrogen-bond donors (Lipinski definition) is 2. The summed E-state index contributed by atoms with van der Waals surface area (Å²) in [5, 5.41) is 13.7. The molecule has 0 aliphatic heterocycles. The van der Waals surface area contributed by atoms with Gasteiger partial charge >= 0.3 is 13.7 Å². The zero-order valence-electron chi connectivity index (χ0n) is 17.2. The molecule has 0 unspecified atom stereocenters. The first-order valence-electron chi connectivity index (χ1n) is 9.62. The summed E-state index contributed by atoms with van der Waals surface area (Å²) in [6.45, 7) is 6.76. The van der Waals surface area contributed by atoms with Crippen molar-refractivity contribution in [2.24, 2.45) is 0 Å². The molecule has 0 fully saturated rings. The number of hydrogen-bond acceptors (Lipinski definition) is 6. The smallest absolute Gasteiger partial charge is 0.465 e. The van der Waals surface area contributed by atoms with E-state index in [4.69, 9.17) is 13.8 Å². The molecular weight excluding hydrogens is 419 g/mol. The molecule has 3 rings (SSSR count). The molecule has 3 aromatic carbocycles. The van der Waals surface area contributed by atoms with Gasteiger partial charge in [-0.2, -0.15) is 5.09 Å². The number of fused-ring (bicyclic) bond motifs is 1. The Morgan fingerprint density at radius 1 is 1.10 bits per heavy atom. The van der Waals surface area contributed by atoms with Crippen LogP contribution in [-0.4, -0.2) is 35.3 Å². The lowest BCUT2D eigenvalue weighted by Gasteiger charge is -2.23. The normalized spacial score (nSPS) is 13.7. The minimum Gasteiger partial charge on any atom is -0.465 e. The van der Waals surface area contributed by atoms with Gasteiger partial charge in [0.2, 0.25) is 0 Å². The Morgan fingerprint density at radius 3 is 2.45 bits per heavy atom. The Morgan fingerprint density at radius 2 is 1.77 bits per heavy atom. The number of benzene rings is 3. The molecule has 0 radical (unpaired) electrons. The highest BCUT2D eigenvalue weighted by Gasteiger charge is 2.34. The van der Waals surface area contributed by atoms with Crippen LogP contribution >= 0.6 is 7.75 Å². The molecule has 8 nitrogen and oxygen atoms in total. The van der Waals surface area contributed by atoms with E-state index in [9.17, 15) is 14.6 Å². The molecule has 3 aromatic rings. The Hall–Kier alpha value is -3.35. The number of ether oxygens (including phenoxy) is 1. The monoisotopic (exact) mass is 443 g/mol. The Labute approximate surface area is 180 Å². The van der Waals surface area contributed by atoms with Gasteiger partial charge in [-0.25, -0.2) is 4.57 Å². The van der Waals surface area contributed by atoms with Gasteiger partial charge in [0.25, 0.3) is 5.69 Å². The topological polar surface area (TPSA) is 97.1 Å². The second-order valence-corrected chi connectivity index (χ2v) is 8.27. The SMILES string of the molecule is C=[N+](O)c1ccc(O[P@@](=O)(N[C@@H](C)C(=O)OCC)Oc2cccc3ccccc23)cc1. The zero-order chi connectivity index (χ0) is 22.4. The summed E-state index contributed by atoms with van der Waals surface area (Å²) in [5.74, 6) is -0.0465. The van der Waals surface area contributed by atoms with Gasteiger partial charge in [0.1, 0.15) is 17.5 Å². The molecule has 0 aliphatic rings. The summed E-state index contributed by atoms with van der Waals surface area (Å²) < 4.78 is 30.9. The van der Waals surface area contributed by atoms with Crippen LogP contribution in [0.5, 0.6) is 11.5 Å². The lowest BCUT2D eigenvalue weighted by molar-refractivity contribution is -0.706. The number of carbonyl (C=O) groups excluding carboxylic acids is 1. The van der Waals surface area contributed by atoms with Crippen LogP contribution in [0.15, 0.2) is 66.7 Å². The maximum absolute atomic E-state index is 13.7. The average Bonchev–Trinajstić information content (AvgIpc) is 2.74. The predicted octanol–water partition coefficient (Wildman–Crippen LogP) is 4.68. The standard InChI is InChI=1S/C22H24N2O6P/c1-4-28-22(25)16(2)23-31(27,29-19-14-12-18(13-15-19)24(3)26)30-21-11-7-9-17-8-5-6-10-20(17)21/h5-16,26H,3-4H2,1-2H3,(H,23,27)/q+1/t16-,31-/m0/s1. The summed E-state index contributed by atoms with van der Waals surface area (Å²) in [5.41, 5.74) is 0.407. The minimum absolute atomic E-state index is 0.185. The van der Waals surface area contributed by atoms with Crippen molar-refractivity contribution in [3.63, 3.8) is 0 Å². The van der Waals surface area contributed by atoms with Gasteiger partial charge in [-0.1, -0.05) is 36.4 Å². The fraction of sp³-hybridized carbons (Fsp3) is 0.182. The highest BCUT2D eigenvalue weighted by atomic mass is 31.2. The van der Waals surface area contributed by atoms with Crippen molar-refractivity contribution in [1.82, 2.24) is 5.09 Å². The van der Waals surface area contributed by atoms with E-state index in [1.807, 2.05) is 30.3 Å². The molecule has 0 aliphatic carbocycles. The van der Waals surface area contributed by atoms with Crippen molar-refractivity contribution < 1.29 is 33.1 Å². The molecule has 0 heterocycles. The van der Waals surface area contributed by atoms with Gasteiger partial charge in [0.15, 0.2) is 6.72 Å². The van der Waals surface area contributed by atoms with Crippen LogP contribution in [0.1, 0.15) is 13.8 Å². The Balaban J connectivity index is 1.93. The van der Waals surface area contributed by atoms with Crippen molar-refractivity contribution in [3.8, 4) is 11.5 Å². The van der Waals surface area contributed by atoms with E-state index in [0.29, 0.717) is 16.2 Å². The fourth-order valence-electron chi connectivity index (χ4n) is 2.85. The second-order valence-electron chi connectivity index (χ2n) is 6.65. The Bertz CT molecular complexity index is 1130. The van der Waals surface area contributed by atoms with E-state index in [2.05, 4.69) is 11.8 Å². The summed E-state index contributed by atoms with van der Waals surface area (Å²) in [6, 6.07) is 17.9. The molecule has 0 bridgehead atoms. The molecule has 0 saturated heterocycles. The highest BCUT2D eigenvalue weighted by molar-refractivity contribution is 7.52. The van der Waals surface area contributed by atoms with E-state index in [1.165, 1.54) is 31.2 Å². The van der Waals surface area contributed by atoms with Gasteiger partial charge in [-0.05, 0) is 37.4 Å². The molecule has 0 saturated carbocycles. The summed E-state index contributed by atoms with van der Waals surface area (Å²) in [6.07, 6.45) is 0. The van der Waals surface area contributed by atoms with Crippen molar-refractivity contribution in [2.45, 2.75) is 19.9 Å². The first-order valence-corrected chi connectivity index (χ1v) is 11.2. The third kappa shape index (κ3) is 5.63. The summed E-state index contributed by atoms with van der Waals surface area (Å²) in [4.78, 5) is 12.1. The van der Waals surface area contributed by atoms with Crippen molar-refractivity contribution in [2.75, 3.05) is 6.61 Å². The molecule has 2 atom stereocenters. The molecule has 9 heteroatoms. The van der Waals surface area contributed by atoms with Gasteiger partial charge < -0.3 is 13.8 Å². The van der Waals surface area contributed by atoms with Crippen LogP contribution in [0.3, 0.4) is 0 Å². The van der Waals surface area contributed by atoms with Crippen LogP contribution in [0, 0.1) is 0 Å². The average molecular weight is 443 g/mol. The third-order valence-corrected chi connectivity index (χ3v) is 5.91. The number of rotatable bonds is 9. The molecule has 0 aromatic heterocycles. The maximum Gasteiger partial charge on any atom is 0.513 e. The van der Waals surface area contributed by atoms with Gasteiger partial charge in [-0.15, -0.1) is 0 Å². The number of esters is 1. The minimum atomic E-state index is -4.08. The van der Waals surface area contributed by atoms with Gasteiger partial charge in [-0.3, -0.25) is 10.0 Å². The maximum atomic E-state index is 13.7. The fourth-order valence-corrected chi connectivity index (χ4v) is 4.39.